The van der Waals surface area contributed by atoms with Crippen LogP contribution >= 0.6 is 0 Å². The lowest BCUT2D eigenvalue weighted by atomic mass is 10.2. The average Bonchev–Trinajstić information content (AvgIpc) is 3.04. The second-order valence-corrected chi connectivity index (χ2v) is 9.65. The first-order chi connectivity index (χ1) is 13.3. The van der Waals surface area contributed by atoms with Crippen LogP contribution < -0.4 is 9.64 Å². The molecule has 1 saturated heterocycles. The molecule has 1 aromatic heterocycles. The third-order valence-electron chi connectivity index (χ3n) is 4.96. The molecule has 0 spiro atoms. The van der Waals surface area contributed by atoms with E-state index in [4.69, 9.17) is 4.74 Å². The Balaban J connectivity index is 1.70. The Morgan fingerprint density at radius 2 is 1.82 bits per heavy atom. The number of piperazine rings is 1. The third-order valence-corrected chi connectivity index (χ3v) is 5.95. The van der Waals surface area contributed by atoms with Gasteiger partial charge >= 0.3 is 0 Å². The first-order valence-electron chi connectivity index (χ1n) is 9.64. The minimum absolute atomic E-state index is 0.170. The number of ether oxygens (including phenoxy) is 1. The van der Waals surface area contributed by atoms with Crippen molar-refractivity contribution in [1.29, 1.82) is 0 Å². The number of rotatable bonds is 7. The molecular weight excluding hydrogens is 376 g/mol. The maximum absolute atomic E-state index is 12.1. The van der Waals surface area contributed by atoms with Gasteiger partial charge in [0.1, 0.15) is 5.75 Å². The summed E-state index contributed by atoms with van der Waals surface area (Å²) < 4.78 is 31.5. The Labute approximate surface area is 167 Å². The molecule has 2 heterocycles. The molecule has 0 amide bonds. The standard InChI is InChI=1S/C20H30N4O3S/c1-16(2)14-24-17(13-21-20(24)28(4,25)26)15-22-9-11-23(12-10-22)18-7-5-6-8-19(18)27-3/h5-8,13,16H,9-12,14-15H2,1-4H3. The zero-order valence-electron chi connectivity index (χ0n) is 17.1. The van der Waals surface area contributed by atoms with Crippen LogP contribution in [0, 0.1) is 5.92 Å². The van der Waals surface area contributed by atoms with E-state index in [0.717, 1.165) is 43.3 Å². The molecule has 0 atom stereocenters. The molecule has 0 saturated carbocycles. The molecular formula is C20H30N4O3S. The lowest BCUT2D eigenvalue weighted by Crippen LogP contribution is -2.46. The quantitative estimate of drug-likeness (QED) is 0.703. The first-order valence-corrected chi connectivity index (χ1v) is 11.5. The Hall–Kier alpha value is -2.06. The van der Waals surface area contributed by atoms with E-state index in [1.54, 1.807) is 13.3 Å². The molecule has 0 aliphatic carbocycles. The predicted octanol–water partition coefficient (Wildman–Crippen LogP) is 2.27. The van der Waals surface area contributed by atoms with Crippen LogP contribution in [0.2, 0.25) is 0 Å². The number of hydrogen-bond donors (Lipinski definition) is 0. The van der Waals surface area contributed by atoms with Gasteiger partial charge in [0.25, 0.3) is 0 Å². The molecule has 3 rings (SSSR count). The van der Waals surface area contributed by atoms with Gasteiger partial charge in [0.05, 0.1) is 24.7 Å². The van der Waals surface area contributed by atoms with Crippen molar-refractivity contribution in [2.24, 2.45) is 5.92 Å². The van der Waals surface area contributed by atoms with E-state index in [0.29, 0.717) is 19.0 Å². The number of aromatic nitrogens is 2. The van der Waals surface area contributed by atoms with Crippen LogP contribution in [0.25, 0.3) is 0 Å². The highest BCUT2D eigenvalue weighted by Crippen LogP contribution is 2.28. The summed E-state index contributed by atoms with van der Waals surface area (Å²) in [6.07, 6.45) is 2.94. The second-order valence-electron chi connectivity index (χ2n) is 7.74. The van der Waals surface area contributed by atoms with Crippen LogP contribution in [0.4, 0.5) is 5.69 Å². The molecule has 8 heteroatoms. The summed E-state index contributed by atoms with van der Waals surface area (Å²) in [5, 5.41) is 0.170. The van der Waals surface area contributed by atoms with Crippen molar-refractivity contribution in [2.45, 2.75) is 32.1 Å². The lowest BCUT2D eigenvalue weighted by molar-refractivity contribution is 0.241. The fraction of sp³-hybridized carbons (Fsp3) is 0.550. The highest BCUT2D eigenvalue weighted by atomic mass is 32.2. The van der Waals surface area contributed by atoms with Crippen LogP contribution in [0.1, 0.15) is 19.5 Å². The summed E-state index contributed by atoms with van der Waals surface area (Å²) in [4.78, 5) is 8.90. The smallest absolute Gasteiger partial charge is 0.227 e. The minimum atomic E-state index is -3.34. The molecule has 1 fully saturated rings. The van der Waals surface area contributed by atoms with Crippen molar-refractivity contribution >= 4 is 15.5 Å². The predicted molar refractivity (Wildman–Crippen MR) is 111 cm³/mol. The number of nitrogens with zero attached hydrogens (tertiary/aromatic N) is 4. The van der Waals surface area contributed by atoms with Crippen LogP contribution in [0.3, 0.4) is 0 Å². The van der Waals surface area contributed by atoms with Gasteiger partial charge in [0.2, 0.25) is 15.0 Å². The second kappa shape index (κ2) is 8.53. The van der Waals surface area contributed by atoms with Crippen molar-refractivity contribution in [1.82, 2.24) is 14.5 Å². The van der Waals surface area contributed by atoms with Crippen molar-refractivity contribution in [3.63, 3.8) is 0 Å². The van der Waals surface area contributed by atoms with Gasteiger partial charge in [0, 0.05) is 45.5 Å². The van der Waals surface area contributed by atoms with Gasteiger partial charge in [0.15, 0.2) is 0 Å². The van der Waals surface area contributed by atoms with Gasteiger partial charge in [-0.05, 0) is 18.1 Å². The van der Waals surface area contributed by atoms with Crippen molar-refractivity contribution in [3.05, 3.63) is 36.2 Å². The van der Waals surface area contributed by atoms with Crippen LogP contribution in [0.15, 0.2) is 35.6 Å². The zero-order valence-corrected chi connectivity index (χ0v) is 17.9. The van der Waals surface area contributed by atoms with E-state index in [-0.39, 0.29) is 5.16 Å². The van der Waals surface area contributed by atoms with Gasteiger partial charge in [-0.2, -0.15) is 0 Å². The Morgan fingerprint density at radius 3 is 2.43 bits per heavy atom. The number of sulfone groups is 1. The molecule has 1 aliphatic rings. The number of hydrogen-bond acceptors (Lipinski definition) is 6. The Bertz CT molecular complexity index is 900. The summed E-state index contributed by atoms with van der Waals surface area (Å²) in [5.41, 5.74) is 2.08. The number of methoxy groups -OCH3 is 1. The van der Waals surface area contributed by atoms with E-state index in [1.165, 1.54) is 6.26 Å². The summed E-state index contributed by atoms with van der Waals surface area (Å²) in [6, 6.07) is 8.08. The van der Waals surface area contributed by atoms with E-state index in [2.05, 4.69) is 34.7 Å². The first kappa shape index (κ1) is 20.7. The molecule has 1 aliphatic heterocycles. The molecule has 2 aromatic rings. The number of imidazole rings is 1. The molecule has 154 valence electrons. The monoisotopic (exact) mass is 406 g/mol. The summed E-state index contributed by atoms with van der Waals surface area (Å²) >= 11 is 0. The van der Waals surface area contributed by atoms with E-state index in [9.17, 15) is 8.42 Å². The summed E-state index contributed by atoms with van der Waals surface area (Å²) in [6.45, 7) is 9.13. The fourth-order valence-electron chi connectivity index (χ4n) is 3.64. The fourth-order valence-corrected chi connectivity index (χ4v) is 4.48. The summed E-state index contributed by atoms with van der Waals surface area (Å²) in [5.74, 6) is 1.24. The van der Waals surface area contributed by atoms with Crippen LogP contribution in [-0.4, -0.2) is 62.4 Å². The van der Waals surface area contributed by atoms with Crippen LogP contribution in [-0.2, 0) is 22.9 Å². The van der Waals surface area contributed by atoms with Crippen LogP contribution in [0.5, 0.6) is 5.75 Å². The number of benzene rings is 1. The maximum atomic E-state index is 12.1. The van der Waals surface area contributed by atoms with Crippen molar-refractivity contribution in [2.75, 3.05) is 44.4 Å². The molecule has 0 unspecified atom stereocenters. The SMILES string of the molecule is COc1ccccc1N1CCN(Cc2cnc(S(C)(=O)=O)n2CC(C)C)CC1. The van der Waals surface area contributed by atoms with Crippen molar-refractivity contribution < 1.29 is 13.2 Å². The normalized spacial score (nSPS) is 16.0. The number of para-hydroxylation sites is 2. The molecule has 0 bridgehead atoms. The minimum Gasteiger partial charge on any atom is -0.495 e. The number of anilines is 1. The summed E-state index contributed by atoms with van der Waals surface area (Å²) in [7, 11) is -1.64. The molecule has 1 aromatic carbocycles. The molecule has 28 heavy (non-hydrogen) atoms. The Morgan fingerprint density at radius 1 is 1.14 bits per heavy atom. The molecule has 0 radical (unpaired) electrons. The van der Waals surface area contributed by atoms with E-state index in [1.807, 2.05) is 22.8 Å². The molecule has 0 N–H and O–H groups in total. The lowest BCUT2D eigenvalue weighted by Gasteiger charge is -2.36. The largest absolute Gasteiger partial charge is 0.495 e. The third kappa shape index (κ3) is 4.67. The van der Waals surface area contributed by atoms with Crippen molar-refractivity contribution in [3.8, 4) is 5.75 Å². The topological polar surface area (TPSA) is 67.7 Å². The highest BCUT2D eigenvalue weighted by Gasteiger charge is 2.23. The van der Waals surface area contributed by atoms with Gasteiger partial charge in [-0.15, -0.1) is 0 Å². The van der Waals surface area contributed by atoms with E-state index >= 15 is 0 Å². The van der Waals surface area contributed by atoms with Gasteiger partial charge in [-0.25, -0.2) is 13.4 Å². The Kier molecular flexibility index (Phi) is 6.30. The molecule has 7 nitrogen and oxygen atoms in total. The van der Waals surface area contributed by atoms with Gasteiger partial charge in [-0.3, -0.25) is 4.90 Å². The van der Waals surface area contributed by atoms with Gasteiger partial charge in [-0.1, -0.05) is 26.0 Å². The van der Waals surface area contributed by atoms with Gasteiger partial charge < -0.3 is 14.2 Å². The zero-order chi connectivity index (χ0) is 20.3. The average molecular weight is 407 g/mol. The highest BCUT2D eigenvalue weighted by molar-refractivity contribution is 7.90. The van der Waals surface area contributed by atoms with E-state index < -0.39 is 9.84 Å². The maximum Gasteiger partial charge on any atom is 0.227 e.